The molecule has 0 aliphatic carbocycles. The number of hydrogen-bond acceptors (Lipinski definition) is 12. The van der Waals surface area contributed by atoms with E-state index < -0.39 is 29.3 Å². The minimum absolute atomic E-state index is 0. The standard InChI is InChI=1S/C7H7.4BH3O3.Na/c1-7-5-3-2-4-6-7;4*2-1(3)4;/h3-6H,1H3;4*2-4H;/q-1;;;;;+1. The Hall–Kier alpha value is -0.000260. The largest absolute Gasteiger partial charge is 1.00 e. The zero-order valence-corrected chi connectivity index (χ0v) is 15.0. The van der Waals surface area contributed by atoms with Gasteiger partial charge >= 0.3 is 58.8 Å². The molecule has 1 rings (SSSR count). The predicted molar refractivity (Wildman–Crippen MR) is 79.7 cm³/mol. The molecule has 12 nitrogen and oxygen atoms in total. The number of rotatable bonds is 0. The Kier molecular flexibility index (Phi) is 40.8. The minimum atomic E-state index is -2.17. The topological polar surface area (TPSA) is 243 Å². The molecule has 24 heavy (non-hydrogen) atoms. The van der Waals surface area contributed by atoms with Crippen molar-refractivity contribution in [3.63, 3.8) is 0 Å². The van der Waals surface area contributed by atoms with Gasteiger partial charge in [-0.3, -0.25) is 0 Å². The van der Waals surface area contributed by atoms with Gasteiger partial charge in [0.1, 0.15) is 0 Å². The van der Waals surface area contributed by atoms with Gasteiger partial charge in [-0.25, -0.2) is 0 Å². The molecule has 0 heterocycles. The third kappa shape index (κ3) is 152. The summed E-state index contributed by atoms with van der Waals surface area (Å²) in [5.74, 6) is 0. The summed E-state index contributed by atoms with van der Waals surface area (Å²) in [6.07, 6.45) is 0. The maximum atomic E-state index is 7.17. The monoisotopic (exact) mass is 362 g/mol. The van der Waals surface area contributed by atoms with Crippen LogP contribution < -0.4 is 29.6 Å². The number of benzene rings is 1. The summed E-state index contributed by atoms with van der Waals surface area (Å²) in [6.45, 7) is 2.06. The smallest absolute Gasteiger partial charge is 0.402 e. The van der Waals surface area contributed by atoms with Crippen molar-refractivity contribution in [1.29, 1.82) is 0 Å². The summed E-state index contributed by atoms with van der Waals surface area (Å²) < 4.78 is 0. The SMILES string of the molecule is Cc1cc[c-]cc1.OB(O)O.OB(O)O.OB(O)O.OB(O)O.[Na+]. The summed E-state index contributed by atoms with van der Waals surface area (Å²) in [4.78, 5) is 0. The molecule has 0 saturated heterocycles. The Morgan fingerprint density at radius 2 is 0.750 bits per heavy atom. The molecule has 0 aliphatic heterocycles. The molecule has 0 saturated carbocycles. The van der Waals surface area contributed by atoms with E-state index in [1.807, 2.05) is 24.3 Å². The molecule has 1 aromatic carbocycles. The molecule has 0 spiro atoms. The maximum Gasteiger partial charge on any atom is 1.00 e. The van der Waals surface area contributed by atoms with Gasteiger partial charge in [-0.15, -0.1) is 0 Å². The van der Waals surface area contributed by atoms with Crippen molar-refractivity contribution in [2.75, 3.05) is 0 Å². The van der Waals surface area contributed by atoms with E-state index in [9.17, 15) is 0 Å². The first-order valence-corrected chi connectivity index (χ1v) is 5.42. The number of hydrogen-bond donors (Lipinski definition) is 12. The second-order valence-electron chi connectivity index (χ2n) is 2.96. The van der Waals surface area contributed by atoms with Gasteiger partial charge in [0.05, 0.1) is 0 Å². The first-order chi connectivity index (χ1) is 10.3. The second kappa shape index (κ2) is 27.8. The molecule has 0 amide bonds. The fraction of sp³-hybridized carbons (Fsp3) is 0.143. The molecule has 1 aromatic rings. The van der Waals surface area contributed by atoms with Gasteiger partial charge in [0, 0.05) is 0 Å². The van der Waals surface area contributed by atoms with Crippen LogP contribution >= 0.6 is 0 Å². The molecule has 0 fully saturated rings. The summed E-state index contributed by atoms with van der Waals surface area (Å²) in [5, 5.41) is 86.0. The van der Waals surface area contributed by atoms with Crippen molar-refractivity contribution in [2.24, 2.45) is 0 Å². The van der Waals surface area contributed by atoms with E-state index in [0.717, 1.165) is 0 Å². The van der Waals surface area contributed by atoms with Crippen LogP contribution in [0.1, 0.15) is 5.56 Å². The van der Waals surface area contributed by atoms with Gasteiger partial charge in [-0.1, -0.05) is 6.92 Å². The van der Waals surface area contributed by atoms with Crippen LogP contribution in [0.3, 0.4) is 0 Å². The molecular formula is C7H19B4NaO12. The van der Waals surface area contributed by atoms with Crippen LogP contribution in [0.15, 0.2) is 24.3 Å². The predicted octanol–water partition coefficient (Wildman–Crippen LogP) is -9.41. The third-order valence-electron chi connectivity index (χ3n) is 0.885. The van der Waals surface area contributed by atoms with Crippen LogP contribution in [0.25, 0.3) is 0 Å². The molecule has 0 aromatic heterocycles. The van der Waals surface area contributed by atoms with Gasteiger partial charge in [-0.05, 0) is 0 Å². The van der Waals surface area contributed by atoms with Gasteiger partial charge in [0.15, 0.2) is 0 Å². The molecule has 0 unspecified atom stereocenters. The van der Waals surface area contributed by atoms with Crippen LogP contribution in [0, 0.1) is 13.0 Å². The van der Waals surface area contributed by atoms with Crippen LogP contribution in [0.2, 0.25) is 0 Å². The van der Waals surface area contributed by atoms with Crippen molar-refractivity contribution in [3.05, 3.63) is 35.9 Å². The van der Waals surface area contributed by atoms with Crippen molar-refractivity contribution >= 4 is 29.3 Å². The zero-order valence-electron chi connectivity index (χ0n) is 13.0. The minimum Gasteiger partial charge on any atom is -0.402 e. The Bertz CT molecular complexity index is 272. The summed E-state index contributed by atoms with van der Waals surface area (Å²) in [5.41, 5.74) is 1.29. The molecule has 132 valence electrons. The van der Waals surface area contributed by atoms with Gasteiger partial charge in [0.2, 0.25) is 0 Å². The quantitative estimate of drug-likeness (QED) is 0.152. The van der Waals surface area contributed by atoms with Gasteiger partial charge in [0.25, 0.3) is 0 Å². The van der Waals surface area contributed by atoms with E-state index in [1.165, 1.54) is 5.56 Å². The Morgan fingerprint density at radius 3 is 0.833 bits per heavy atom. The van der Waals surface area contributed by atoms with E-state index in [-0.39, 0.29) is 29.6 Å². The number of aryl methyl sites for hydroxylation is 1. The molecule has 17 heteroatoms. The fourth-order valence-corrected chi connectivity index (χ4v) is 0.470. The van der Waals surface area contributed by atoms with E-state index >= 15 is 0 Å². The van der Waals surface area contributed by atoms with E-state index in [4.69, 9.17) is 60.3 Å². The maximum absolute atomic E-state index is 7.17. The molecule has 0 bridgehead atoms. The van der Waals surface area contributed by atoms with Crippen LogP contribution in [0.4, 0.5) is 0 Å². The van der Waals surface area contributed by atoms with E-state index in [2.05, 4.69) is 13.0 Å². The third-order valence-corrected chi connectivity index (χ3v) is 0.885. The molecule has 12 N–H and O–H groups in total. The van der Waals surface area contributed by atoms with Gasteiger partial charge in [-0.2, -0.15) is 35.9 Å². The van der Waals surface area contributed by atoms with Crippen molar-refractivity contribution in [2.45, 2.75) is 6.92 Å². The van der Waals surface area contributed by atoms with E-state index in [1.54, 1.807) is 0 Å². The average Bonchev–Trinajstić information content (AvgIpc) is 2.26. The summed E-state index contributed by atoms with van der Waals surface area (Å²) >= 11 is 0. The Labute approximate surface area is 161 Å². The van der Waals surface area contributed by atoms with Gasteiger partial charge < -0.3 is 60.3 Å². The Morgan fingerprint density at radius 1 is 0.583 bits per heavy atom. The molecule has 0 aliphatic rings. The van der Waals surface area contributed by atoms with Crippen LogP contribution in [-0.4, -0.2) is 89.6 Å². The summed E-state index contributed by atoms with van der Waals surface area (Å²) in [6, 6.07) is 10.8. The van der Waals surface area contributed by atoms with Crippen LogP contribution in [-0.2, 0) is 0 Å². The Balaban J connectivity index is -0.0000000641. The van der Waals surface area contributed by atoms with E-state index in [0.29, 0.717) is 0 Å². The first-order valence-electron chi connectivity index (χ1n) is 5.42. The van der Waals surface area contributed by atoms with Crippen molar-refractivity contribution in [3.8, 4) is 0 Å². The van der Waals surface area contributed by atoms with Crippen molar-refractivity contribution in [1.82, 2.24) is 0 Å². The normalized spacial score (nSPS) is 7.04. The zero-order chi connectivity index (χ0) is 19.4. The summed E-state index contributed by atoms with van der Waals surface area (Å²) in [7, 11) is -8.67. The fourth-order valence-electron chi connectivity index (χ4n) is 0.470. The second-order valence-corrected chi connectivity index (χ2v) is 2.96. The molecule has 0 atom stereocenters. The molecular weight excluding hydrogens is 342 g/mol. The molecule has 0 radical (unpaired) electrons. The first kappa shape index (κ1) is 35.2. The van der Waals surface area contributed by atoms with Crippen molar-refractivity contribution < 1.29 is 89.8 Å². The average molecular weight is 361 g/mol. The van der Waals surface area contributed by atoms with Crippen LogP contribution in [0.5, 0.6) is 0 Å².